The number of nitrogens with zero attached hydrogens (tertiary/aromatic N) is 1. The lowest BCUT2D eigenvalue weighted by atomic mass is 10.2. The predicted octanol–water partition coefficient (Wildman–Crippen LogP) is 4.21. The summed E-state index contributed by atoms with van der Waals surface area (Å²) in [6, 6.07) is 12.1. The molecule has 0 radical (unpaired) electrons. The van der Waals surface area contributed by atoms with Crippen LogP contribution >= 0.6 is 35.0 Å². The molecule has 1 amide bonds. The van der Waals surface area contributed by atoms with Crippen LogP contribution < -0.4 is 14.4 Å². The average molecular weight is 491 g/mol. The fraction of sp³-hybridized carbons (Fsp3) is 0.350. The number of amides is 1. The van der Waals surface area contributed by atoms with Crippen molar-refractivity contribution in [2.45, 2.75) is 12.7 Å². The van der Waals surface area contributed by atoms with E-state index in [0.717, 1.165) is 21.9 Å². The second-order valence-corrected chi connectivity index (χ2v) is 10.2. The standard InChI is InChI=1S/C20H24Cl2N2O4S2/c1-3-28-17-7-5-16(6-8-17)24(30(2,26)27)13-20(25)23-10-11-29-14-15-4-9-18(21)19(22)12-15/h4-9,12H,3,10-11,13-14H2,1-2H3,(H,23,25). The second kappa shape index (κ2) is 11.7. The van der Waals surface area contributed by atoms with Gasteiger partial charge in [0.05, 0.1) is 28.6 Å². The summed E-state index contributed by atoms with van der Waals surface area (Å²) >= 11 is 13.5. The zero-order chi connectivity index (χ0) is 22.1. The number of ether oxygens (including phenoxy) is 1. The number of sulfonamides is 1. The minimum atomic E-state index is -3.61. The molecule has 164 valence electrons. The number of halogens is 2. The number of carbonyl (C=O) groups excluding carboxylic acids is 1. The van der Waals surface area contributed by atoms with Crippen molar-refractivity contribution in [3.8, 4) is 5.75 Å². The highest BCUT2D eigenvalue weighted by Gasteiger charge is 2.20. The third-order valence-corrected chi connectivity index (χ3v) is 6.85. The van der Waals surface area contributed by atoms with Crippen LogP contribution in [0.2, 0.25) is 10.0 Å². The molecular weight excluding hydrogens is 467 g/mol. The van der Waals surface area contributed by atoms with Crippen molar-refractivity contribution in [2.75, 3.05) is 36.0 Å². The Labute approximate surface area is 191 Å². The molecule has 0 atom stereocenters. The molecule has 0 fully saturated rings. The fourth-order valence-corrected chi connectivity index (χ4v) is 4.53. The summed E-state index contributed by atoms with van der Waals surface area (Å²) in [6.45, 7) is 2.51. The Kier molecular flexibility index (Phi) is 9.61. The lowest BCUT2D eigenvalue weighted by Gasteiger charge is -2.22. The highest BCUT2D eigenvalue weighted by molar-refractivity contribution is 7.98. The van der Waals surface area contributed by atoms with Gasteiger partial charge in [-0.3, -0.25) is 9.10 Å². The van der Waals surface area contributed by atoms with Crippen molar-refractivity contribution >= 4 is 56.6 Å². The molecular formula is C20H24Cl2N2O4S2. The molecule has 0 aliphatic heterocycles. The number of rotatable bonds is 11. The minimum Gasteiger partial charge on any atom is -0.494 e. The second-order valence-electron chi connectivity index (χ2n) is 6.35. The highest BCUT2D eigenvalue weighted by atomic mass is 35.5. The number of thioether (sulfide) groups is 1. The van der Waals surface area contributed by atoms with E-state index >= 15 is 0 Å². The lowest BCUT2D eigenvalue weighted by molar-refractivity contribution is -0.119. The number of anilines is 1. The number of hydrogen-bond donors (Lipinski definition) is 1. The molecule has 6 nitrogen and oxygen atoms in total. The Bertz CT molecular complexity index is 954. The van der Waals surface area contributed by atoms with Gasteiger partial charge in [0.1, 0.15) is 12.3 Å². The van der Waals surface area contributed by atoms with Crippen LogP contribution in [0.4, 0.5) is 5.69 Å². The van der Waals surface area contributed by atoms with E-state index in [0.29, 0.717) is 40.4 Å². The minimum absolute atomic E-state index is 0.287. The number of carbonyl (C=O) groups is 1. The van der Waals surface area contributed by atoms with Crippen LogP contribution in [0.1, 0.15) is 12.5 Å². The monoisotopic (exact) mass is 490 g/mol. The number of hydrogen-bond acceptors (Lipinski definition) is 5. The maximum atomic E-state index is 12.3. The summed E-state index contributed by atoms with van der Waals surface area (Å²) in [5.41, 5.74) is 1.45. The van der Waals surface area contributed by atoms with E-state index in [9.17, 15) is 13.2 Å². The first kappa shape index (κ1) is 24.7. The molecule has 2 aromatic rings. The summed E-state index contributed by atoms with van der Waals surface area (Å²) < 4.78 is 30.7. The SMILES string of the molecule is CCOc1ccc(N(CC(=O)NCCSCc2ccc(Cl)c(Cl)c2)S(C)(=O)=O)cc1. The summed E-state index contributed by atoms with van der Waals surface area (Å²) in [4.78, 5) is 12.3. The predicted molar refractivity (Wildman–Crippen MR) is 125 cm³/mol. The fourth-order valence-electron chi connectivity index (χ4n) is 2.54. The largest absolute Gasteiger partial charge is 0.494 e. The van der Waals surface area contributed by atoms with Gasteiger partial charge in [0.2, 0.25) is 15.9 Å². The maximum Gasteiger partial charge on any atom is 0.240 e. The first-order valence-corrected chi connectivity index (χ1v) is 13.0. The topological polar surface area (TPSA) is 75.7 Å². The molecule has 0 saturated carbocycles. The third-order valence-electron chi connectivity index (χ3n) is 3.94. The van der Waals surface area contributed by atoms with Gasteiger partial charge < -0.3 is 10.1 Å². The molecule has 2 aromatic carbocycles. The van der Waals surface area contributed by atoms with E-state index in [-0.39, 0.29) is 12.5 Å². The molecule has 0 aromatic heterocycles. The third kappa shape index (κ3) is 7.91. The molecule has 0 unspecified atom stereocenters. The molecule has 0 saturated heterocycles. The van der Waals surface area contributed by atoms with Gasteiger partial charge in [-0.15, -0.1) is 0 Å². The van der Waals surface area contributed by atoms with Crippen molar-refractivity contribution in [3.05, 3.63) is 58.1 Å². The van der Waals surface area contributed by atoms with Crippen LogP contribution in [0, 0.1) is 0 Å². The van der Waals surface area contributed by atoms with E-state index in [4.69, 9.17) is 27.9 Å². The van der Waals surface area contributed by atoms with Crippen molar-refractivity contribution < 1.29 is 17.9 Å². The maximum absolute atomic E-state index is 12.3. The normalized spacial score (nSPS) is 11.2. The molecule has 2 rings (SSSR count). The van der Waals surface area contributed by atoms with Gasteiger partial charge in [0.15, 0.2) is 0 Å². The van der Waals surface area contributed by atoms with E-state index in [1.54, 1.807) is 42.1 Å². The van der Waals surface area contributed by atoms with Crippen molar-refractivity contribution in [1.29, 1.82) is 0 Å². The molecule has 0 aliphatic rings. The van der Waals surface area contributed by atoms with Crippen LogP contribution in [-0.4, -0.2) is 46.0 Å². The first-order valence-electron chi connectivity index (χ1n) is 9.19. The van der Waals surface area contributed by atoms with Gasteiger partial charge in [0.25, 0.3) is 0 Å². The summed E-state index contributed by atoms with van der Waals surface area (Å²) in [5.74, 6) is 1.67. The molecule has 0 heterocycles. The van der Waals surface area contributed by atoms with Gasteiger partial charge in [-0.05, 0) is 48.9 Å². The average Bonchev–Trinajstić information content (AvgIpc) is 2.69. The number of benzene rings is 2. The molecule has 1 N–H and O–H groups in total. The summed E-state index contributed by atoms with van der Waals surface area (Å²) in [6.07, 6.45) is 1.07. The first-order chi connectivity index (χ1) is 14.2. The Balaban J connectivity index is 1.83. The Morgan fingerprint density at radius 3 is 2.43 bits per heavy atom. The molecule has 30 heavy (non-hydrogen) atoms. The van der Waals surface area contributed by atoms with Crippen molar-refractivity contribution in [3.63, 3.8) is 0 Å². The van der Waals surface area contributed by atoms with Gasteiger partial charge in [-0.25, -0.2) is 8.42 Å². The van der Waals surface area contributed by atoms with Gasteiger partial charge in [0, 0.05) is 18.1 Å². The molecule has 0 bridgehead atoms. The quantitative estimate of drug-likeness (QED) is 0.477. The zero-order valence-corrected chi connectivity index (χ0v) is 19.9. The smallest absolute Gasteiger partial charge is 0.240 e. The Morgan fingerprint density at radius 1 is 1.13 bits per heavy atom. The van der Waals surface area contributed by atoms with Crippen molar-refractivity contribution in [2.24, 2.45) is 0 Å². The molecule has 0 aliphatic carbocycles. The Morgan fingerprint density at radius 2 is 1.83 bits per heavy atom. The van der Waals surface area contributed by atoms with E-state index < -0.39 is 10.0 Å². The highest BCUT2D eigenvalue weighted by Crippen LogP contribution is 2.24. The van der Waals surface area contributed by atoms with E-state index in [1.807, 2.05) is 19.1 Å². The molecule has 10 heteroatoms. The van der Waals surface area contributed by atoms with E-state index in [2.05, 4.69) is 5.32 Å². The van der Waals surface area contributed by atoms with Gasteiger partial charge in [-0.2, -0.15) is 11.8 Å². The van der Waals surface area contributed by atoms with Crippen LogP contribution in [0.5, 0.6) is 5.75 Å². The van der Waals surface area contributed by atoms with Crippen LogP contribution in [-0.2, 0) is 20.6 Å². The Hall–Kier alpha value is -1.61. The summed E-state index contributed by atoms with van der Waals surface area (Å²) in [7, 11) is -3.61. The number of nitrogens with one attached hydrogen (secondary N) is 1. The van der Waals surface area contributed by atoms with Crippen LogP contribution in [0.3, 0.4) is 0 Å². The zero-order valence-electron chi connectivity index (χ0n) is 16.7. The molecule has 0 spiro atoms. The van der Waals surface area contributed by atoms with Crippen LogP contribution in [0.15, 0.2) is 42.5 Å². The van der Waals surface area contributed by atoms with Crippen molar-refractivity contribution in [1.82, 2.24) is 5.32 Å². The van der Waals surface area contributed by atoms with E-state index in [1.165, 1.54) is 0 Å². The lowest BCUT2D eigenvalue weighted by Crippen LogP contribution is -2.41. The van der Waals surface area contributed by atoms with Gasteiger partial charge in [-0.1, -0.05) is 29.3 Å². The summed E-state index contributed by atoms with van der Waals surface area (Å²) in [5, 5.41) is 3.78. The van der Waals surface area contributed by atoms with Crippen LogP contribution in [0.25, 0.3) is 0 Å². The van der Waals surface area contributed by atoms with Gasteiger partial charge >= 0.3 is 0 Å².